The van der Waals surface area contributed by atoms with E-state index in [9.17, 15) is 30.7 Å². The van der Waals surface area contributed by atoms with Gasteiger partial charge in [0.05, 0.1) is 23.8 Å². The summed E-state index contributed by atoms with van der Waals surface area (Å²) in [7, 11) is 0. The Hall–Kier alpha value is -1.35. The summed E-state index contributed by atoms with van der Waals surface area (Å²) in [5.74, 6) is -1.76. The molecule has 1 aromatic rings. The Kier molecular flexibility index (Phi) is 4.11. The van der Waals surface area contributed by atoms with Crippen molar-refractivity contribution in [3.8, 4) is 0 Å². The van der Waals surface area contributed by atoms with Gasteiger partial charge in [-0.05, 0) is 12.1 Å². The molecule has 0 aliphatic rings. The van der Waals surface area contributed by atoms with Gasteiger partial charge in [0.1, 0.15) is 5.82 Å². The SMILES string of the molecule is N[C@@H](CO)c1c(F)cc(C(F)(F)F)cc1C(F)(F)F. The Balaban J connectivity index is 3.58. The quantitative estimate of drug-likeness (QED) is 0.823. The number of hydrogen-bond donors (Lipinski definition) is 2. The molecule has 0 amide bonds. The summed E-state index contributed by atoms with van der Waals surface area (Å²) in [4.78, 5) is 0. The van der Waals surface area contributed by atoms with Crippen molar-refractivity contribution in [3.05, 3.63) is 34.6 Å². The van der Waals surface area contributed by atoms with Gasteiger partial charge in [0, 0.05) is 5.56 Å². The number of halogens is 7. The second kappa shape index (κ2) is 4.97. The molecule has 0 heterocycles. The van der Waals surface area contributed by atoms with Gasteiger partial charge < -0.3 is 10.8 Å². The smallest absolute Gasteiger partial charge is 0.394 e. The number of nitrogens with two attached hydrogens (primary N) is 1. The Bertz CT molecular complexity index is 466. The summed E-state index contributed by atoms with van der Waals surface area (Å²) in [6, 6.07) is -2.08. The second-order valence-corrected chi connectivity index (χ2v) is 3.70. The zero-order valence-corrected chi connectivity index (χ0v) is 9.11. The van der Waals surface area contributed by atoms with E-state index in [2.05, 4.69) is 0 Å². The van der Waals surface area contributed by atoms with Crippen LogP contribution in [-0.4, -0.2) is 11.7 Å². The van der Waals surface area contributed by atoms with Crippen LogP contribution < -0.4 is 5.73 Å². The van der Waals surface area contributed by atoms with Crippen molar-refractivity contribution in [2.24, 2.45) is 5.73 Å². The van der Waals surface area contributed by atoms with Gasteiger partial charge in [-0.1, -0.05) is 0 Å². The molecule has 1 rings (SSSR count). The molecular formula is C10H8F7NO. The highest BCUT2D eigenvalue weighted by Gasteiger charge is 2.40. The molecule has 0 bridgehead atoms. The molecule has 0 fully saturated rings. The van der Waals surface area contributed by atoms with Crippen LogP contribution in [-0.2, 0) is 12.4 Å². The van der Waals surface area contributed by atoms with Crippen LogP contribution in [0.3, 0.4) is 0 Å². The first-order valence-electron chi connectivity index (χ1n) is 4.82. The molecule has 1 aromatic carbocycles. The van der Waals surface area contributed by atoms with Crippen LogP contribution in [0.25, 0.3) is 0 Å². The van der Waals surface area contributed by atoms with E-state index >= 15 is 0 Å². The standard InChI is InChI=1S/C10H8F7NO/c11-6-2-4(9(12,13)14)1-5(10(15,16)17)8(6)7(18)3-19/h1-2,7,19H,3,18H2/t7-/m0/s1. The van der Waals surface area contributed by atoms with E-state index < -0.39 is 47.5 Å². The van der Waals surface area contributed by atoms with Crippen molar-refractivity contribution < 1.29 is 35.8 Å². The Morgan fingerprint density at radius 2 is 1.58 bits per heavy atom. The molecule has 2 nitrogen and oxygen atoms in total. The average Bonchev–Trinajstić information content (AvgIpc) is 2.24. The molecule has 0 aliphatic carbocycles. The van der Waals surface area contributed by atoms with E-state index in [0.717, 1.165) is 0 Å². The first-order valence-corrected chi connectivity index (χ1v) is 4.82. The lowest BCUT2D eigenvalue weighted by atomic mass is 9.97. The van der Waals surface area contributed by atoms with Gasteiger partial charge in [-0.2, -0.15) is 26.3 Å². The fraction of sp³-hybridized carbons (Fsp3) is 0.400. The van der Waals surface area contributed by atoms with Crippen molar-refractivity contribution in [2.45, 2.75) is 18.4 Å². The molecule has 19 heavy (non-hydrogen) atoms. The maximum atomic E-state index is 13.4. The van der Waals surface area contributed by atoms with E-state index in [-0.39, 0.29) is 12.1 Å². The average molecular weight is 291 g/mol. The molecule has 1 atom stereocenters. The summed E-state index contributed by atoms with van der Waals surface area (Å²) < 4.78 is 88.3. The zero-order chi connectivity index (χ0) is 15.0. The molecule has 0 spiro atoms. The molecule has 9 heteroatoms. The van der Waals surface area contributed by atoms with Gasteiger partial charge in [0.15, 0.2) is 0 Å². The molecule has 108 valence electrons. The van der Waals surface area contributed by atoms with E-state index in [1.54, 1.807) is 0 Å². The van der Waals surface area contributed by atoms with Gasteiger partial charge in [-0.25, -0.2) is 4.39 Å². The molecule has 0 aromatic heterocycles. The summed E-state index contributed by atoms with van der Waals surface area (Å²) in [5.41, 5.74) is 0.271. The number of benzene rings is 1. The summed E-state index contributed by atoms with van der Waals surface area (Å²) in [6.07, 6.45) is -10.3. The molecular weight excluding hydrogens is 283 g/mol. The van der Waals surface area contributed by atoms with Gasteiger partial charge >= 0.3 is 12.4 Å². The largest absolute Gasteiger partial charge is 0.416 e. The van der Waals surface area contributed by atoms with Crippen LogP contribution in [0, 0.1) is 5.82 Å². The van der Waals surface area contributed by atoms with Crippen LogP contribution in [0.4, 0.5) is 30.7 Å². The van der Waals surface area contributed by atoms with E-state index in [1.165, 1.54) is 0 Å². The third-order valence-electron chi connectivity index (χ3n) is 2.33. The highest BCUT2D eigenvalue weighted by Crippen LogP contribution is 2.39. The number of hydrogen-bond acceptors (Lipinski definition) is 2. The lowest BCUT2D eigenvalue weighted by Crippen LogP contribution is -2.23. The summed E-state index contributed by atoms with van der Waals surface area (Å²) in [6.45, 7) is -1.04. The predicted molar refractivity (Wildman–Crippen MR) is 50.4 cm³/mol. The third-order valence-corrected chi connectivity index (χ3v) is 2.33. The van der Waals surface area contributed by atoms with E-state index in [1.807, 2.05) is 0 Å². The third kappa shape index (κ3) is 3.35. The van der Waals surface area contributed by atoms with Gasteiger partial charge in [-0.15, -0.1) is 0 Å². The minimum absolute atomic E-state index is 0.0832. The number of rotatable bonds is 2. The lowest BCUT2D eigenvalue weighted by Gasteiger charge is -2.19. The fourth-order valence-corrected chi connectivity index (χ4v) is 1.48. The number of aliphatic hydroxyl groups is 1. The predicted octanol–water partition coefficient (Wildman–Crippen LogP) is 2.86. The zero-order valence-electron chi connectivity index (χ0n) is 9.11. The van der Waals surface area contributed by atoms with Crippen LogP contribution in [0.5, 0.6) is 0 Å². The maximum Gasteiger partial charge on any atom is 0.416 e. The Labute approximate surface area is 102 Å². The highest BCUT2D eigenvalue weighted by atomic mass is 19.4. The van der Waals surface area contributed by atoms with E-state index in [0.29, 0.717) is 0 Å². The molecule has 0 radical (unpaired) electrons. The molecule has 0 saturated heterocycles. The van der Waals surface area contributed by atoms with E-state index in [4.69, 9.17) is 10.8 Å². The molecule has 0 unspecified atom stereocenters. The highest BCUT2D eigenvalue weighted by molar-refractivity contribution is 5.38. The second-order valence-electron chi connectivity index (χ2n) is 3.70. The normalized spacial score (nSPS) is 14.6. The number of aliphatic hydroxyl groups excluding tert-OH is 1. The van der Waals surface area contributed by atoms with Crippen LogP contribution in [0.2, 0.25) is 0 Å². The molecule has 3 N–H and O–H groups in total. The van der Waals surface area contributed by atoms with Crippen LogP contribution in [0.1, 0.15) is 22.7 Å². The first-order chi connectivity index (χ1) is 8.48. The van der Waals surface area contributed by atoms with Crippen LogP contribution in [0.15, 0.2) is 12.1 Å². The first kappa shape index (κ1) is 15.7. The molecule has 0 saturated carbocycles. The van der Waals surface area contributed by atoms with Crippen molar-refractivity contribution in [1.29, 1.82) is 0 Å². The topological polar surface area (TPSA) is 46.2 Å². The van der Waals surface area contributed by atoms with Gasteiger partial charge in [-0.3, -0.25) is 0 Å². The monoisotopic (exact) mass is 291 g/mol. The van der Waals surface area contributed by atoms with Crippen molar-refractivity contribution in [2.75, 3.05) is 6.61 Å². The molecule has 0 aliphatic heterocycles. The van der Waals surface area contributed by atoms with Crippen molar-refractivity contribution >= 4 is 0 Å². The van der Waals surface area contributed by atoms with Crippen molar-refractivity contribution in [1.82, 2.24) is 0 Å². The fourth-order valence-electron chi connectivity index (χ4n) is 1.48. The minimum Gasteiger partial charge on any atom is -0.394 e. The van der Waals surface area contributed by atoms with Crippen molar-refractivity contribution in [3.63, 3.8) is 0 Å². The van der Waals surface area contributed by atoms with Gasteiger partial charge in [0.25, 0.3) is 0 Å². The Morgan fingerprint density at radius 1 is 1.05 bits per heavy atom. The maximum absolute atomic E-state index is 13.4. The van der Waals surface area contributed by atoms with Crippen LogP contribution >= 0.6 is 0 Å². The Morgan fingerprint density at radius 3 is 1.95 bits per heavy atom. The summed E-state index contributed by atoms with van der Waals surface area (Å²) in [5, 5.41) is 8.65. The minimum atomic E-state index is -5.22. The van der Waals surface area contributed by atoms with Gasteiger partial charge in [0.2, 0.25) is 0 Å². The lowest BCUT2D eigenvalue weighted by molar-refractivity contribution is -0.144. The summed E-state index contributed by atoms with van der Waals surface area (Å²) >= 11 is 0. The number of alkyl halides is 6.